The van der Waals surface area contributed by atoms with Gasteiger partial charge in [0.15, 0.2) is 0 Å². The summed E-state index contributed by atoms with van der Waals surface area (Å²) in [5.74, 6) is 0.749. The van der Waals surface area contributed by atoms with Crippen molar-refractivity contribution in [3.63, 3.8) is 0 Å². The van der Waals surface area contributed by atoms with E-state index in [-0.39, 0.29) is 11.5 Å². The lowest BCUT2D eigenvalue weighted by molar-refractivity contribution is 0.0696. The number of thiazole rings is 1. The maximum absolute atomic E-state index is 14.7. The summed E-state index contributed by atoms with van der Waals surface area (Å²) in [6.07, 6.45) is 13.3. The fourth-order valence-electron chi connectivity index (χ4n) is 12.1. The van der Waals surface area contributed by atoms with Gasteiger partial charge in [0, 0.05) is 59.1 Å². The second kappa shape index (κ2) is 16.5. The van der Waals surface area contributed by atoms with Gasteiger partial charge in [-0.05, 0) is 138 Å². The van der Waals surface area contributed by atoms with Crippen LogP contribution in [0.2, 0.25) is 0 Å². The first kappa shape index (κ1) is 41.3. The van der Waals surface area contributed by atoms with Crippen molar-refractivity contribution in [1.29, 1.82) is 0 Å². The minimum absolute atomic E-state index is 0.107. The fourth-order valence-corrected chi connectivity index (χ4v) is 13.0. The van der Waals surface area contributed by atoms with Crippen LogP contribution in [0.3, 0.4) is 0 Å². The summed E-state index contributed by atoms with van der Waals surface area (Å²) >= 11 is 1.76. The average Bonchev–Trinajstić information content (AvgIpc) is 4.15. The van der Waals surface area contributed by atoms with Crippen LogP contribution in [0.15, 0.2) is 54.6 Å². The first-order valence-corrected chi connectivity index (χ1v) is 24.8. The van der Waals surface area contributed by atoms with E-state index in [2.05, 4.69) is 80.8 Å². The molecule has 11 nitrogen and oxygen atoms in total. The number of rotatable bonds is 10. The molecule has 64 heavy (non-hydrogen) atoms. The van der Waals surface area contributed by atoms with Crippen LogP contribution in [0.1, 0.15) is 133 Å². The van der Waals surface area contributed by atoms with Crippen molar-refractivity contribution in [3.05, 3.63) is 87.8 Å². The van der Waals surface area contributed by atoms with Crippen LogP contribution in [0, 0.1) is 19.8 Å². The zero-order valence-corrected chi connectivity index (χ0v) is 38.3. The minimum Gasteiger partial charge on any atom is -0.478 e. The largest absolute Gasteiger partial charge is 0.478 e. The highest BCUT2D eigenvalue weighted by Gasteiger charge is 2.41. The van der Waals surface area contributed by atoms with Gasteiger partial charge in [0.2, 0.25) is 0 Å². The van der Waals surface area contributed by atoms with E-state index in [0.717, 1.165) is 79.3 Å². The number of carboxylic acids is 1. The van der Waals surface area contributed by atoms with Crippen LogP contribution in [0.5, 0.6) is 0 Å². The van der Waals surface area contributed by atoms with E-state index in [0.29, 0.717) is 34.3 Å². The Labute approximate surface area is 378 Å². The molecule has 4 aliphatic rings. The predicted molar refractivity (Wildman–Crippen MR) is 258 cm³/mol. The highest BCUT2D eigenvalue weighted by Crippen LogP contribution is 2.50. The molecule has 0 bridgehead atoms. The molecule has 4 aromatic heterocycles. The van der Waals surface area contributed by atoms with Gasteiger partial charge in [0.05, 0.1) is 54.8 Å². The van der Waals surface area contributed by atoms with Crippen molar-refractivity contribution in [1.82, 2.24) is 34.7 Å². The SMILES string of the molecule is CCN1CCCC(CCN2CCn3c(c(C4CCCCC4)c4ccc(C(=O)NC5(c6nc7ccc(C(=O)O)cc7[nH]6)CCCC5)cc43)-c3ccc4[nH]c(-c5sc(C)nc5C)cc4c32)C1. The summed E-state index contributed by atoms with van der Waals surface area (Å²) in [6, 6.07) is 18.5. The van der Waals surface area contributed by atoms with Crippen LogP contribution in [-0.2, 0) is 12.1 Å². The van der Waals surface area contributed by atoms with E-state index < -0.39 is 11.5 Å². The number of benzene rings is 3. The summed E-state index contributed by atoms with van der Waals surface area (Å²) in [4.78, 5) is 50.0. The van der Waals surface area contributed by atoms with E-state index in [4.69, 9.17) is 9.97 Å². The maximum Gasteiger partial charge on any atom is 0.335 e. The lowest BCUT2D eigenvalue weighted by Crippen LogP contribution is -2.44. The van der Waals surface area contributed by atoms with Gasteiger partial charge < -0.3 is 34.8 Å². The summed E-state index contributed by atoms with van der Waals surface area (Å²) < 4.78 is 2.58. The lowest BCUT2D eigenvalue weighted by atomic mass is 9.81. The molecular formula is C52H60N8O3S. The smallest absolute Gasteiger partial charge is 0.335 e. The molecule has 0 spiro atoms. The van der Waals surface area contributed by atoms with Gasteiger partial charge in [-0.1, -0.05) is 45.1 Å². The molecule has 2 aliphatic heterocycles. The molecule has 0 radical (unpaired) electrons. The number of aromatic amines is 2. The maximum atomic E-state index is 14.7. The van der Waals surface area contributed by atoms with Crippen molar-refractivity contribution in [2.24, 2.45) is 5.92 Å². The van der Waals surface area contributed by atoms with E-state index in [1.165, 1.54) is 103 Å². The molecule has 1 saturated heterocycles. The summed E-state index contributed by atoms with van der Waals surface area (Å²) in [5.41, 5.74) is 11.5. The number of anilines is 1. The molecule has 1 amide bonds. The highest BCUT2D eigenvalue weighted by atomic mass is 32.1. The number of hydrogen-bond donors (Lipinski definition) is 4. The number of imidazole rings is 1. The molecular weight excluding hydrogens is 817 g/mol. The number of aromatic nitrogens is 5. The summed E-state index contributed by atoms with van der Waals surface area (Å²) in [6.45, 7) is 12.7. The quantitative estimate of drug-likeness (QED) is 0.107. The van der Waals surface area contributed by atoms with Crippen molar-refractivity contribution in [3.8, 4) is 21.8 Å². The Bertz CT molecular complexity index is 2920. The lowest BCUT2D eigenvalue weighted by Gasteiger charge is -2.34. The molecule has 2 saturated carbocycles. The molecule has 1 unspecified atom stereocenters. The number of amides is 1. The first-order chi connectivity index (χ1) is 31.2. The van der Waals surface area contributed by atoms with Crippen molar-refractivity contribution < 1.29 is 14.7 Å². The van der Waals surface area contributed by atoms with Gasteiger partial charge in [-0.15, -0.1) is 11.3 Å². The monoisotopic (exact) mass is 876 g/mol. The Morgan fingerprint density at radius 3 is 2.47 bits per heavy atom. The third-order valence-corrected chi connectivity index (χ3v) is 16.4. The Morgan fingerprint density at radius 1 is 0.859 bits per heavy atom. The minimum atomic E-state index is -0.977. The van der Waals surface area contributed by atoms with Crippen LogP contribution < -0.4 is 10.2 Å². The van der Waals surface area contributed by atoms with Gasteiger partial charge in [0.1, 0.15) is 5.82 Å². The second-order valence-corrected chi connectivity index (χ2v) is 20.5. The number of H-pyrrole nitrogens is 2. The molecule has 1 atom stereocenters. The van der Waals surface area contributed by atoms with E-state index >= 15 is 0 Å². The number of aryl methyl sites for hydroxylation is 2. The van der Waals surface area contributed by atoms with Crippen LogP contribution in [-0.4, -0.2) is 79.1 Å². The molecule has 12 heteroatoms. The molecule has 2 aliphatic carbocycles. The second-order valence-electron chi connectivity index (χ2n) is 19.3. The molecule has 332 valence electrons. The normalized spacial score (nSPS) is 19.4. The standard InChI is InChI=1S/C52H60N8O3S/c1-4-58-23-10-11-33(30-58)20-24-59-25-26-60-44-28-35(49(61)57-52(21-8-9-22-52)51-55-41-18-15-36(50(62)63)27-42(41)56-51)14-16-37(44)45(34-12-6-5-7-13-34)47(60)38-17-19-40-39(46(38)59)29-43(54-40)48-31(2)53-32(3)64-48/h14-19,27-29,33-34,54H,4-13,20-26,30H2,1-3H3,(H,55,56)(H,57,61)(H,62,63). The third kappa shape index (κ3) is 7.21. The molecule has 7 aromatic rings. The topological polar surface area (TPSA) is 135 Å². The number of piperidine rings is 1. The number of carboxylic acid groups (broad SMARTS) is 1. The number of likely N-dealkylation sites (tertiary alicyclic amines) is 1. The van der Waals surface area contributed by atoms with E-state index in [1.54, 1.807) is 29.5 Å². The van der Waals surface area contributed by atoms with Gasteiger partial charge in [-0.25, -0.2) is 14.8 Å². The van der Waals surface area contributed by atoms with Gasteiger partial charge >= 0.3 is 5.97 Å². The van der Waals surface area contributed by atoms with Gasteiger partial charge in [-0.2, -0.15) is 0 Å². The summed E-state index contributed by atoms with van der Waals surface area (Å²) in [7, 11) is 0. The number of nitrogens with zero attached hydrogens (tertiary/aromatic N) is 5. The Balaban J connectivity index is 1.02. The first-order valence-electron chi connectivity index (χ1n) is 24.0. The number of nitrogens with one attached hydrogen (secondary N) is 3. The summed E-state index contributed by atoms with van der Waals surface area (Å²) in [5, 5.41) is 16.8. The number of hydrogen-bond acceptors (Lipinski definition) is 7. The number of carbonyl (C=O) groups is 2. The van der Waals surface area contributed by atoms with Crippen molar-refractivity contribution in [2.75, 3.05) is 37.6 Å². The van der Waals surface area contributed by atoms with E-state index in [9.17, 15) is 14.7 Å². The number of fused-ring (bicyclic) bond motifs is 8. The number of aromatic carboxylic acids is 1. The Hall–Kier alpha value is -5.46. The molecule has 6 heterocycles. The predicted octanol–water partition coefficient (Wildman–Crippen LogP) is 11.3. The molecule has 3 fully saturated rings. The fraction of sp³-hybridized carbons (Fsp3) is 0.462. The molecule has 3 aromatic carbocycles. The molecule has 4 N–H and O–H groups in total. The van der Waals surface area contributed by atoms with Crippen molar-refractivity contribution >= 4 is 61.7 Å². The zero-order chi connectivity index (χ0) is 43.7. The van der Waals surface area contributed by atoms with Crippen LogP contribution in [0.25, 0.3) is 54.7 Å². The van der Waals surface area contributed by atoms with Crippen LogP contribution >= 0.6 is 11.3 Å². The number of carbonyl (C=O) groups excluding carboxylic acids is 1. The average molecular weight is 877 g/mol. The van der Waals surface area contributed by atoms with Gasteiger partial charge in [0.25, 0.3) is 5.91 Å². The van der Waals surface area contributed by atoms with Crippen molar-refractivity contribution in [2.45, 2.75) is 116 Å². The molecule has 11 rings (SSSR count). The zero-order valence-electron chi connectivity index (χ0n) is 37.5. The van der Waals surface area contributed by atoms with E-state index in [1.807, 2.05) is 6.07 Å². The third-order valence-electron chi connectivity index (χ3n) is 15.3. The Kier molecular flexibility index (Phi) is 10.6. The highest BCUT2D eigenvalue weighted by molar-refractivity contribution is 7.15. The van der Waals surface area contributed by atoms with Crippen LogP contribution in [0.4, 0.5) is 5.69 Å². The van der Waals surface area contributed by atoms with Gasteiger partial charge in [-0.3, -0.25) is 4.79 Å². The Morgan fingerprint density at radius 2 is 1.69 bits per heavy atom.